The van der Waals surface area contributed by atoms with Gasteiger partial charge in [-0.15, -0.1) is 0 Å². The fraction of sp³-hybridized carbons (Fsp3) is 0.788. The smallest absolute Gasteiger partial charge is 0.222 e. The van der Waals surface area contributed by atoms with Gasteiger partial charge in [0.15, 0.2) is 0 Å². The van der Waals surface area contributed by atoms with E-state index >= 15 is 0 Å². The van der Waals surface area contributed by atoms with Gasteiger partial charge in [-0.05, 0) is 70.6 Å². The summed E-state index contributed by atoms with van der Waals surface area (Å²) in [6.45, 7) is 4.17. The van der Waals surface area contributed by atoms with E-state index in [-0.39, 0.29) is 18.9 Å². The third-order valence-corrected chi connectivity index (χ3v) is 11.0. The SMILES string of the molecule is CCCCC/C=C\C=C/CCCCCCCCCCC(O)CC(=O)NC(CO)C(O)/C=C/CC/C=C/CC/C=C/CCCCCCCCCCCCCCCCC. The summed E-state index contributed by atoms with van der Waals surface area (Å²) < 4.78 is 0. The highest BCUT2D eigenvalue weighted by atomic mass is 16.3. The highest BCUT2D eigenvalue weighted by molar-refractivity contribution is 5.76. The summed E-state index contributed by atoms with van der Waals surface area (Å²) in [6.07, 6.45) is 62.4. The zero-order valence-corrected chi connectivity index (χ0v) is 37.7. The maximum absolute atomic E-state index is 12.5. The van der Waals surface area contributed by atoms with Crippen molar-refractivity contribution in [3.63, 3.8) is 0 Å². The van der Waals surface area contributed by atoms with Crippen LogP contribution in [0.2, 0.25) is 0 Å². The molecular weight excluding hydrogens is 703 g/mol. The number of unbranched alkanes of at least 4 members (excludes halogenated alkanes) is 28. The molecule has 3 unspecified atom stereocenters. The summed E-state index contributed by atoms with van der Waals surface area (Å²) in [5.74, 6) is -0.335. The largest absolute Gasteiger partial charge is 0.394 e. The monoisotopic (exact) mass is 798 g/mol. The summed E-state index contributed by atoms with van der Waals surface area (Å²) in [4.78, 5) is 12.5. The van der Waals surface area contributed by atoms with Gasteiger partial charge in [-0.3, -0.25) is 4.79 Å². The van der Waals surface area contributed by atoms with Crippen molar-refractivity contribution in [1.29, 1.82) is 0 Å². The number of hydrogen-bond donors (Lipinski definition) is 4. The van der Waals surface area contributed by atoms with Crippen LogP contribution in [0.4, 0.5) is 0 Å². The third-order valence-electron chi connectivity index (χ3n) is 11.0. The molecule has 0 aromatic carbocycles. The number of aliphatic hydroxyl groups is 3. The number of carbonyl (C=O) groups excluding carboxylic acids is 1. The van der Waals surface area contributed by atoms with E-state index < -0.39 is 18.2 Å². The van der Waals surface area contributed by atoms with Crippen LogP contribution in [0.15, 0.2) is 60.8 Å². The van der Waals surface area contributed by atoms with Crippen molar-refractivity contribution < 1.29 is 20.1 Å². The lowest BCUT2D eigenvalue weighted by Crippen LogP contribution is -2.45. The summed E-state index contributed by atoms with van der Waals surface area (Å²) in [5, 5.41) is 33.3. The number of rotatable bonds is 44. The van der Waals surface area contributed by atoms with Crippen molar-refractivity contribution in [3.8, 4) is 0 Å². The van der Waals surface area contributed by atoms with Gasteiger partial charge in [-0.2, -0.15) is 0 Å². The molecular formula is C52H95NO4. The molecule has 332 valence electrons. The summed E-state index contributed by atoms with van der Waals surface area (Å²) in [6, 6.07) is -0.772. The minimum Gasteiger partial charge on any atom is -0.394 e. The number of carbonyl (C=O) groups is 1. The van der Waals surface area contributed by atoms with Crippen molar-refractivity contribution >= 4 is 5.91 Å². The second-order valence-corrected chi connectivity index (χ2v) is 16.7. The topological polar surface area (TPSA) is 89.8 Å². The normalized spacial score (nSPS) is 14.0. The molecule has 0 rings (SSSR count). The van der Waals surface area contributed by atoms with E-state index in [1.54, 1.807) is 6.08 Å². The lowest BCUT2D eigenvalue weighted by molar-refractivity contribution is -0.124. The number of aliphatic hydroxyl groups excluding tert-OH is 3. The quantitative estimate of drug-likeness (QED) is 0.0281. The first-order chi connectivity index (χ1) is 28.0. The van der Waals surface area contributed by atoms with E-state index in [1.165, 1.54) is 167 Å². The molecule has 0 fully saturated rings. The second-order valence-electron chi connectivity index (χ2n) is 16.7. The van der Waals surface area contributed by atoms with Gasteiger partial charge in [0.1, 0.15) is 0 Å². The maximum atomic E-state index is 12.5. The second kappa shape index (κ2) is 46.7. The zero-order chi connectivity index (χ0) is 41.5. The molecule has 0 saturated heterocycles. The first-order valence-corrected chi connectivity index (χ1v) is 24.6. The van der Waals surface area contributed by atoms with Crippen LogP contribution < -0.4 is 5.32 Å². The molecule has 4 N–H and O–H groups in total. The zero-order valence-electron chi connectivity index (χ0n) is 37.7. The molecule has 5 nitrogen and oxygen atoms in total. The van der Waals surface area contributed by atoms with E-state index in [9.17, 15) is 20.1 Å². The molecule has 5 heteroatoms. The van der Waals surface area contributed by atoms with Gasteiger partial charge in [0.05, 0.1) is 31.3 Å². The Morgan fingerprint density at radius 3 is 1.26 bits per heavy atom. The maximum Gasteiger partial charge on any atom is 0.222 e. The fourth-order valence-electron chi connectivity index (χ4n) is 7.24. The fourth-order valence-corrected chi connectivity index (χ4v) is 7.24. The molecule has 0 aromatic rings. The van der Waals surface area contributed by atoms with Crippen LogP contribution in [0.3, 0.4) is 0 Å². The molecule has 0 spiro atoms. The molecule has 0 saturated carbocycles. The minimum absolute atomic E-state index is 0.00444. The van der Waals surface area contributed by atoms with Gasteiger partial charge in [0.2, 0.25) is 5.91 Å². The summed E-state index contributed by atoms with van der Waals surface area (Å²) in [5.41, 5.74) is 0. The van der Waals surface area contributed by atoms with E-state index in [0.29, 0.717) is 6.42 Å². The molecule has 0 radical (unpaired) electrons. The van der Waals surface area contributed by atoms with Gasteiger partial charge >= 0.3 is 0 Å². The Morgan fingerprint density at radius 2 is 0.807 bits per heavy atom. The Hall–Kier alpha value is -1.95. The molecule has 0 aliphatic rings. The molecule has 1 amide bonds. The number of allylic oxidation sites excluding steroid dienone is 9. The first kappa shape index (κ1) is 55.0. The minimum atomic E-state index is -0.964. The van der Waals surface area contributed by atoms with Gasteiger partial charge in [0.25, 0.3) is 0 Å². The lowest BCUT2D eigenvalue weighted by Gasteiger charge is -2.21. The number of hydrogen-bond acceptors (Lipinski definition) is 4. The molecule has 0 heterocycles. The van der Waals surface area contributed by atoms with Crippen LogP contribution in [-0.4, -0.2) is 46.1 Å². The Kier molecular flexibility index (Phi) is 45.1. The average Bonchev–Trinajstić information content (AvgIpc) is 3.20. The Labute approximate surface area is 354 Å². The van der Waals surface area contributed by atoms with Crippen molar-refractivity contribution in [2.24, 2.45) is 0 Å². The summed E-state index contributed by atoms with van der Waals surface area (Å²) >= 11 is 0. The molecule has 3 atom stereocenters. The highest BCUT2D eigenvalue weighted by Crippen LogP contribution is 2.15. The Morgan fingerprint density at radius 1 is 0.456 bits per heavy atom. The highest BCUT2D eigenvalue weighted by Gasteiger charge is 2.20. The summed E-state index contributed by atoms with van der Waals surface area (Å²) in [7, 11) is 0. The molecule has 0 aliphatic carbocycles. The Bertz CT molecular complexity index is 969. The number of amides is 1. The van der Waals surface area contributed by atoms with Crippen LogP contribution in [0.5, 0.6) is 0 Å². The van der Waals surface area contributed by atoms with Crippen molar-refractivity contribution in [2.75, 3.05) is 6.61 Å². The van der Waals surface area contributed by atoms with Crippen molar-refractivity contribution in [3.05, 3.63) is 60.8 Å². The van der Waals surface area contributed by atoms with Crippen LogP contribution >= 0.6 is 0 Å². The molecule has 0 aromatic heterocycles. The van der Waals surface area contributed by atoms with E-state index in [0.717, 1.165) is 44.9 Å². The van der Waals surface area contributed by atoms with Crippen molar-refractivity contribution in [1.82, 2.24) is 5.32 Å². The van der Waals surface area contributed by atoms with Gasteiger partial charge in [-0.25, -0.2) is 0 Å². The van der Waals surface area contributed by atoms with Gasteiger partial charge < -0.3 is 20.6 Å². The van der Waals surface area contributed by atoms with Crippen LogP contribution in [-0.2, 0) is 4.79 Å². The van der Waals surface area contributed by atoms with Gasteiger partial charge in [-0.1, -0.05) is 222 Å². The van der Waals surface area contributed by atoms with Crippen LogP contribution in [0, 0.1) is 0 Å². The average molecular weight is 798 g/mol. The third kappa shape index (κ3) is 43.5. The number of nitrogens with one attached hydrogen (secondary N) is 1. The molecule has 0 bridgehead atoms. The van der Waals surface area contributed by atoms with Crippen LogP contribution in [0.25, 0.3) is 0 Å². The van der Waals surface area contributed by atoms with Gasteiger partial charge in [0, 0.05) is 0 Å². The molecule has 57 heavy (non-hydrogen) atoms. The molecule has 0 aliphatic heterocycles. The standard InChI is InChI=1S/C52H95NO4/c1-3-5-7-9-11-13-15-17-19-21-22-23-24-25-26-27-28-30-32-34-36-38-40-42-44-46-51(56)50(48-54)53-52(57)47-49(55)45-43-41-39-37-35-33-31-29-20-18-16-14-12-10-8-6-4-2/h12,14,16,18,28,30,36,38,44,46,49-51,54-56H,3-11,13,15,17,19-27,29,31-35,37,39-43,45,47-48H2,1-2H3,(H,53,57)/b14-12-,18-16-,30-28+,38-36+,46-44+. The van der Waals surface area contributed by atoms with Crippen molar-refractivity contribution in [2.45, 2.75) is 257 Å². The van der Waals surface area contributed by atoms with E-state index in [4.69, 9.17) is 0 Å². The Balaban J connectivity index is 3.71. The van der Waals surface area contributed by atoms with E-state index in [1.807, 2.05) is 6.08 Å². The lowest BCUT2D eigenvalue weighted by atomic mass is 10.0. The van der Waals surface area contributed by atoms with Crippen LogP contribution in [0.1, 0.15) is 239 Å². The predicted molar refractivity (Wildman–Crippen MR) is 250 cm³/mol. The first-order valence-electron chi connectivity index (χ1n) is 24.6. The van der Waals surface area contributed by atoms with E-state index in [2.05, 4.69) is 67.8 Å². The predicted octanol–water partition coefficient (Wildman–Crippen LogP) is 14.7.